The fourth-order valence-electron chi connectivity index (χ4n) is 1.14. The van der Waals surface area contributed by atoms with E-state index in [2.05, 4.69) is 19.1 Å². The summed E-state index contributed by atoms with van der Waals surface area (Å²) in [6.07, 6.45) is 10.0. The van der Waals surface area contributed by atoms with Crippen molar-refractivity contribution in [3.05, 3.63) is 12.2 Å². The van der Waals surface area contributed by atoms with E-state index in [-0.39, 0.29) is 0 Å². The average molecular weight is 140 g/mol. The summed E-state index contributed by atoms with van der Waals surface area (Å²) >= 11 is 0. The molecule has 0 spiro atoms. The molecule has 1 rings (SSSR count). The van der Waals surface area contributed by atoms with E-state index in [1.807, 2.05) is 13.8 Å². The van der Waals surface area contributed by atoms with Gasteiger partial charge in [0.15, 0.2) is 0 Å². The lowest BCUT2D eigenvalue weighted by Gasteiger charge is -2.02. The van der Waals surface area contributed by atoms with Crippen molar-refractivity contribution in [1.82, 2.24) is 0 Å². The lowest BCUT2D eigenvalue weighted by Crippen LogP contribution is -1.89. The lowest BCUT2D eigenvalue weighted by molar-refractivity contribution is 0.513. The van der Waals surface area contributed by atoms with E-state index >= 15 is 0 Å². The van der Waals surface area contributed by atoms with Crippen LogP contribution in [0.1, 0.15) is 46.5 Å². The molecular weight excluding hydrogens is 120 g/mol. The minimum Gasteiger partial charge on any atom is -0.0885 e. The van der Waals surface area contributed by atoms with Gasteiger partial charge in [0, 0.05) is 0 Å². The summed E-state index contributed by atoms with van der Waals surface area (Å²) in [4.78, 5) is 0. The van der Waals surface area contributed by atoms with Crippen LogP contribution in [0.4, 0.5) is 0 Å². The van der Waals surface area contributed by atoms with Gasteiger partial charge in [-0.3, -0.25) is 0 Å². The first-order valence-corrected chi connectivity index (χ1v) is 4.54. The van der Waals surface area contributed by atoms with Gasteiger partial charge in [-0.15, -0.1) is 0 Å². The molecule has 0 heterocycles. The van der Waals surface area contributed by atoms with Gasteiger partial charge in [0.1, 0.15) is 0 Å². The molecule has 0 saturated heterocycles. The van der Waals surface area contributed by atoms with Crippen LogP contribution in [0.15, 0.2) is 12.2 Å². The normalized spacial score (nSPS) is 19.1. The molecule has 0 amide bonds. The Hall–Kier alpha value is -0.260. The van der Waals surface area contributed by atoms with Gasteiger partial charge in [-0.05, 0) is 31.6 Å². The molecule has 0 fully saturated rings. The van der Waals surface area contributed by atoms with Crippen molar-refractivity contribution < 1.29 is 0 Å². The van der Waals surface area contributed by atoms with Crippen molar-refractivity contribution in [3.63, 3.8) is 0 Å². The maximum Gasteiger partial charge on any atom is -0.0348 e. The molecule has 1 aliphatic carbocycles. The molecule has 0 radical (unpaired) electrons. The van der Waals surface area contributed by atoms with Crippen LogP contribution in [0.2, 0.25) is 0 Å². The number of allylic oxidation sites excluding steroid dienone is 2. The Kier molecular flexibility index (Phi) is 6.68. The Morgan fingerprint density at radius 2 is 1.40 bits per heavy atom. The van der Waals surface area contributed by atoms with E-state index in [1.165, 1.54) is 25.7 Å². The van der Waals surface area contributed by atoms with Gasteiger partial charge in [-0.25, -0.2) is 0 Å². The van der Waals surface area contributed by atoms with E-state index in [4.69, 9.17) is 0 Å². The second-order valence-electron chi connectivity index (χ2n) is 2.73. The van der Waals surface area contributed by atoms with Gasteiger partial charge in [0.25, 0.3) is 0 Å². The Labute approximate surface area is 65.3 Å². The van der Waals surface area contributed by atoms with Crippen LogP contribution in [-0.4, -0.2) is 0 Å². The zero-order chi connectivity index (χ0) is 7.82. The predicted molar refractivity (Wildman–Crippen MR) is 48.1 cm³/mol. The predicted octanol–water partition coefficient (Wildman–Crippen LogP) is 3.78. The largest absolute Gasteiger partial charge is 0.0885 e. The molecular formula is C10H20. The minimum atomic E-state index is 0.963. The van der Waals surface area contributed by atoms with Crippen LogP contribution < -0.4 is 0 Å². The molecule has 0 N–H and O–H groups in total. The molecule has 0 nitrogen and oxygen atoms in total. The third kappa shape index (κ3) is 4.60. The van der Waals surface area contributed by atoms with Crippen LogP contribution >= 0.6 is 0 Å². The summed E-state index contributed by atoms with van der Waals surface area (Å²) in [7, 11) is 0. The van der Waals surface area contributed by atoms with Gasteiger partial charge >= 0.3 is 0 Å². The molecule has 0 saturated carbocycles. The maximum atomic E-state index is 2.34. The standard InChI is InChI=1S/C8H14.C2H6/c1-8-6-4-2-3-5-7-8;1-2/h2-3,8H,4-7H2,1H3;1-2H3. The second-order valence-corrected chi connectivity index (χ2v) is 2.73. The van der Waals surface area contributed by atoms with Crippen molar-refractivity contribution in [2.75, 3.05) is 0 Å². The molecule has 0 heteroatoms. The summed E-state index contributed by atoms with van der Waals surface area (Å²) < 4.78 is 0. The third-order valence-electron chi connectivity index (χ3n) is 1.82. The lowest BCUT2D eigenvalue weighted by atomic mass is 10.0. The van der Waals surface area contributed by atoms with Crippen molar-refractivity contribution in [3.8, 4) is 0 Å². The van der Waals surface area contributed by atoms with Gasteiger partial charge in [-0.2, -0.15) is 0 Å². The third-order valence-corrected chi connectivity index (χ3v) is 1.82. The first-order valence-electron chi connectivity index (χ1n) is 4.54. The zero-order valence-corrected chi connectivity index (χ0v) is 7.56. The molecule has 0 aromatic heterocycles. The molecule has 1 aliphatic rings. The number of rotatable bonds is 0. The summed E-state index contributed by atoms with van der Waals surface area (Å²) in [6, 6.07) is 0. The molecule has 0 unspecified atom stereocenters. The molecule has 60 valence electrons. The first kappa shape index (κ1) is 9.74. The van der Waals surface area contributed by atoms with Crippen molar-refractivity contribution >= 4 is 0 Å². The van der Waals surface area contributed by atoms with Crippen molar-refractivity contribution in [2.24, 2.45) is 5.92 Å². The first-order chi connectivity index (χ1) is 4.89. The monoisotopic (exact) mass is 140 g/mol. The SMILES string of the molecule is CC.CC1CCC=CCC1. The summed E-state index contributed by atoms with van der Waals surface area (Å²) in [5.41, 5.74) is 0. The minimum absolute atomic E-state index is 0.963. The fourth-order valence-corrected chi connectivity index (χ4v) is 1.14. The Morgan fingerprint density at radius 3 is 1.80 bits per heavy atom. The van der Waals surface area contributed by atoms with E-state index in [0.29, 0.717) is 0 Å². The Morgan fingerprint density at radius 1 is 1.00 bits per heavy atom. The van der Waals surface area contributed by atoms with E-state index in [1.54, 1.807) is 0 Å². The van der Waals surface area contributed by atoms with Gasteiger partial charge in [-0.1, -0.05) is 32.9 Å². The van der Waals surface area contributed by atoms with Crippen LogP contribution in [0.3, 0.4) is 0 Å². The number of hydrogen-bond acceptors (Lipinski definition) is 0. The van der Waals surface area contributed by atoms with Crippen LogP contribution in [0.25, 0.3) is 0 Å². The smallest absolute Gasteiger partial charge is 0.0348 e. The molecule has 0 aromatic carbocycles. The molecule has 0 bridgehead atoms. The summed E-state index contributed by atoms with van der Waals surface area (Å²) in [5.74, 6) is 0.963. The van der Waals surface area contributed by atoms with E-state index < -0.39 is 0 Å². The van der Waals surface area contributed by atoms with Crippen molar-refractivity contribution in [2.45, 2.75) is 46.5 Å². The molecule has 0 atom stereocenters. The average Bonchev–Trinajstić information content (AvgIpc) is 2.21. The van der Waals surface area contributed by atoms with Crippen molar-refractivity contribution in [1.29, 1.82) is 0 Å². The fraction of sp³-hybridized carbons (Fsp3) is 0.800. The number of hydrogen-bond donors (Lipinski definition) is 0. The topological polar surface area (TPSA) is 0 Å². The molecule has 0 aliphatic heterocycles. The van der Waals surface area contributed by atoms with E-state index in [9.17, 15) is 0 Å². The molecule has 0 aromatic rings. The Bertz CT molecular complexity index is 72.0. The van der Waals surface area contributed by atoms with Gasteiger partial charge in [0.2, 0.25) is 0 Å². The van der Waals surface area contributed by atoms with Crippen LogP contribution in [0.5, 0.6) is 0 Å². The second kappa shape index (κ2) is 6.85. The maximum absolute atomic E-state index is 2.34. The summed E-state index contributed by atoms with van der Waals surface area (Å²) in [6.45, 7) is 6.34. The zero-order valence-electron chi connectivity index (χ0n) is 7.56. The van der Waals surface area contributed by atoms with Gasteiger partial charge in [0.05, 0.1) is 0 Å². The molecule has 10 heavy (non-hydrogen) atoms. The highest BCUT2D eigenvalue weighted by molar-refractivity contribution is 4.85. The highest BCUT2D eigenvalue weighted by atomic mass is 14.1. The van der Waals surface area contributed by atoms with Gasteiger partial charge < -0.3 is 0 Å². The quantitative estimate of drug-likeness (QED) is 0.449. The highest BCUT2D eigenvalue weighted by Crippen LogP contribution is 2.16. The Balaban J connectivity index is 0.000000371. The van der Waals surface area contributed by atoms with Crippen LogP contribution in [0, 0.1) is 5.92 Å². The van der Waals surface area contributed by atoms with E-state index in [0.717, 1.165) is 5.92 Å². The van der Waals surface area contributed by atoms with Crippen LogP contribution in [-0.2, 0) is 0 Å². The summed E-state index contributed by atoms with van der Waals surface area (Å²) in [5, 5.41) is 0. The highest BCUT2D eigenvalue weighted by Gasteiger charge is 2.00.